The number of halogens is 1. The fourth-order valence-electron chi connectivity index (χ4n) is 1.72. The molecule has 0 saturated heterocycles. The lowest BCUT2D eigenvalue weighted by molar-refractivity contribution is 0.0696. The molecule has 108 valence electrons. The maximum absolute atomic E-state index is 13.6. The van der Waals surface area contributed by atoms with Gasteiger partial charge in [0.1, 0.15) is 18.2 Å². The van der Waals surface area contributed by atoms with Crippen molar-refractivity contribution < 1.29 is 23.8 Å². The Kier molecular flexibility index (Phi) is 4.18. The largest absolute Gasteiger partial charge is 0.489 e. The molecule has 0 bridgehead atoms. The van der Waals surface area contributed by atoms with Crippen molar-refractivity contribution in [1.82, 2.24) is 0 Å². The molecule has 0 heterocycles. The molecule has 21 heavy (non-hydrogen) atoms. The van der Waals surface area contributed by atoms with Crippen LogP contribution < -0.4 is 10.5 Å². The Morgan fingerprint density at radius 3 is 2.57 bits per heavy atom. The summed E-state index contributed by atoms with van der Waals surface area (Å²) in [4.78, 5) is 21.9. The first-order valence-corrected chi connectivity index (χ1v) is 6.02. The van der Waals surface area contributed by atoms with Crippen LogP contribution >= 0.6 is 0 Å². The van der Waals surface area contributed by atoms with Crippen molar-refractivity contribution in [2.45, 2.75) is 6.61 Å². The maximum Gasteiger partial charge on any atom is 0.335 e. The van der Waals surface area contributed by atoms with E-state index in [9.17, 15) is 14.0 Å². The highest BCUT2D eigenvalue weighted by molar-refractivity contribution is 5.92. The molecule has 5 nitrogen and oxygen atoms in total. The lowest BCUT2D eigenvalue weighted by atomic mass is 10.1. The highest BCUT2D eigenvalue weighted by Gasteiger charge is 2.09. The van der Waals surface area contributed by atoms with E-state index in [1.165, 1.54) is 30.3 Å². The SMILES string of the molecule is NC(=O)c1ccc(F)c(COc2cccc(C(=O)O)c2)c1. The topological polar surface area (TPSA) is 89.6 Å². The van der Waals surface area contributed by atoms with Crippen molar-refractivity contribution in [2.24, 2.45) is 5.73 Å². The molecule has 2 rings (SSSR count). The molecule has 0 aliphatic heterocycles. The fraction of sp³-hybridized carbons (Fsp3) is 0.0667. The van der Waals surface area contributed by atoms with E-state index >= 15 is 0 Å². The number of carboxylic acids is 1. The Morgan fingerprint density at radius 1 is 1.14 bits per heavy atom. The number of hydrogen-bond acceptors (Lipinski definition) is 3. The summed E-state index contributed by atoms with van der Waals surface area (Å²) in [6.07, 6.45) is 0. The van der Waals surface area contributed by atoms with Gasteiger partial charge in [0.2, 0.25) is 5.91 Å². The number of nitrogens with two attached hydrogens (primary N) is 1. The molecule has 0 aliphatic carbocycles. The van der Waals surface area contributed by atoms with E-state index in [4.69, 9.17) is 15.6 Å². The van der Waals surface area contributed by atoms with Crippen molar-refractivity contribution in [3.63, 3.8) is 0 Å². The zero-order valence-electron chi connectivity index (χ0n) is 10.9. The van der Waals surface area contributed by atoms with Gasteiger partial charge in [-0.1, -0.05) is 6.07 Å². The van der Waals surface area contributed by atoms with Crippen molar-refractivity contribution in [2.75, 3.05) is 0 Å². The monoisotopic (exact) mass is 289 g/mol. The molecule has 0 aliphatic rings. The minimum absolute atomic E-state index is 0.0684. The minimum Gasteiger partial charge on any atom is -0.489 e. The van der Waals surface area contributed by atoms with Crippen LogP contribution in [-0.4, -0.2) is 17.0 Å². The van der Waals surface area contributed by atoms with Crippen LogP contribution in [0.2, 0.25) is 0 Å². The first-order valence-electron chi connectivity index (χ1n) is 6.02. The molecule has 1 amide bonds. The van der Waals surface area contributed by atoms with Crippen LogP contribution in [-0.2, 0) is 6.61 Å². The van der Waals surface area contributed by atoms with Gasteiger partial charge >= 0.3 is 5.97 Å². The molecule has 3 N–H and O–H groups in total. The summed E-state index contributed by atoms with van der Waals surface area (Å²) in [6.45, 7) is -0.143. The van der Waals surface area contributed by atoms with E-state index in [0.717, 1.165) is 6.07 Å². The van der Waals surface area contributed by atoms with Crippen LogP contribution in [0.25, 0.3) is 0 Å². The number of carboxylic acid groups (broad SMARTS) is 1. The molecule has 0 unspecified atom stereocenters. The Labute approximate surface area is 119 Å². The molecule has 0 saturated carbocycles. The first kappa shape index (κ1) is 14.5. The predicted molar refractivity (Wildman–Crippen MR) is 72.7 cm³/mol. The average molecular weight is 289 g/mol. The van der Waals surface area contributed by atoms with E-state index < -0.39 is 17.7 Å². The molecule has 0 radical (unpaired) electrons. The molecular formula is C15H12FNO4. The van der Waals surface area contributed by atoms with Gasteiger partial charge in [-0.25, -0.2) is 9.18 Å². The Morgan fingerprint density at radius 2 is 1.90 bits per heavy atom. The van der Waals surface area contributed by atoms with E-state index in [-0.39, 0.29) is 23.3 Å². The van der Waals surface area contributed by atoms with E-state index in [1.807, 2.05) is 0 Å². The summed E-state index contributed by atoms with van der Waals surface area (Å²) >= 11 is 0. The molecule has 0 aromatic heterocycles. The van der Waals surface area contributed by atoms with Crippen molar-refractivity contribution in [3.8, 4) is 5.75 Å². The number of benzene rings is 2. The highest BCUT2D eigenvalue weighted by Crippen LogP contribution is 2.17. The Bertz CT molecular complexity index is 700. The predicted octanol–water partition coefficient (Wildman–Crippen LogP) is 2.20. The third kappa shape index (κ3) is 3.56. The van der Waals surface area contributed by atoms with E-state index in [0.29, 0.717) is 5.75 Å². The van der Waals surface area contributed by atoms with Crippen LogP contribution in [0.15, 0.2) is 42.5 Å². The second-order valence-electron chi connectivity index (χ2n) is 4.29. The van der Waals surface area contributed by atoms with Gasteiger partial charge in [0.25, 0.3) is 0 Å². The summed E-state index contributed by atoms with van der Waals surface area (Å²) in [7, 11) is 0. The van der Waals surface area contributed by atoms with Gasteiger partial charge in [0, 0.05) is 11.1 Å². The van der Waals surface area contributed by atoms with Gasteiger partial charge < -0.3 is 15.6 Å². The zero-order valence-corrected chi connectivity index (χ0v) is 10.9. The number of rotatable bonds is 5. The van der Waals surface area contributed by atoms with Crippen molar-refractivity contribution >= 4 is 11.9 Å². The van der Waals surface area contributed by atoms with Crippen LogP contribution in [0, 0.1) is 5.82 Å². The lowest BCUT2D eigenvalue weighted by Gasteiger charge is -2.08. The number of hydrogen-bond donors (Lipinski definition) is 2. The third-order valence-corrected chi connectivity index (χ3v) is 2.81. The van der Waals surface area contributed by atoms with Gasteiger partial charge in [0.15, 0.2) is 0 Å². The first-order chi connectivity index (χ1) is 9.97. The summed E-state index contributed by atoms with van der Waals surface area (Å²) in [5.74, 6) is -1.99. The van der Waals surface area contributed by atoms with Gasteiger partial charge in [-0.3, -0.25) is 4.79 Å². The molecule has 2 aromatic carbocycles. The smallest absolute Gasteiger partial charge is 0.335 e. The average Bonchev–Trinajstić information content (AvgIpc) is 2.46. The fourth-order valence-corrected chi connectivity index (χ4v) is 1.72. The quantitative estimate of drug-likeness (QED) is 0.883. The van der Waals surface area contributed by atoms with Crippen molar-refractivity contribution in [3.05, 3.63) is 65.0 Å². The van der Waals surface area contributed by atoms with Gasteiger partial charge in [-0.2, -0.15) is 0 Å². The number of ether oxygens (including phenoxy) is 1. The summed E-state index contributed by atoms with van der Waals surface area (Å²) in [5.41, 5.74) is 5.53. The Hall–Kier alpha value is -2.89. The maximum atomic E-state index is 13.6. The van der Waals surface area contributed by atoms with Crippen LogP contribution in [0.1, 0.15) is 26.3 Å². The number of aromatic carboxylic acids is 1. The molecule has 0 fully saturated rings. The minimum atomic E-state index is -1.08. The summed E-state index contributed by atoms with van der Waals surface area (Å²) < 4.78 is 19.0. The van der Waals surface area contributed by atoms with E-state index in [1.54, 1.807) is 6.07 Å². The second-order valence-corrected chi connectivity index (χ2v) is 4.29. The normalized spacial score (nSPS) is 10.1. The van der Waals surface area contributed by atoms with Gasteiger partial charge in [-0.05, 0) is 36.4 Å². The molecule has 0 spiro atoms. The van der Waals surface area contributed by atoms with E-state index in [2.05, 4.69) is 0 Å². The standard InChI is InChI=1S/C15H12FNO4/c16-13-5-4-9(14(17)18)6-11(13)8-21-12-3-1-2-10(7-12)15(19)20/h1-7H,8H2,(H2,17,18)(H,19,20). The van der Waals surface area contributed by atoms with Crippen LogP contribution in [0.4, 0.5) is 4.39 Å². The number of carbonyl (C=O) groups excluding carboxylic acids is 1. The van der Waals surface area contributed by atoms with Gasteiger partial charge in [0.05, 0.1) is 5.56 Å². The molecule has 0 atom stereocenters. The molecule has 2 aromatic rings. The number of carbonyl (C=O) groups is 2. The molecule has 6 heteroatoms. The number of amides is 1. The lowest BCUT2D eigenvalue weighted by Crippen LogP contribution is -2.12. The zero-order chi connectivity index (χ0) is 15.4. The van der Waals surface area contributed by atoms with Crippen molar-refractivity contribution in [1.29, 1.82) is 0 Å². The summed E-state index contributed by atoms with van der Waals surface area (Å²) in [6, 6.07) is 9.55. The van der Waals surface area contributed by atoms with Gasteiger partial charge in [-0.15, -0.1) is 0 Å². The second kappa shape index (κ2) is 6.04. The molecular weight excluding hydrogens is 277 g/mol. The van der Waals surface area contributed by atoms with Crippen LogP contribution in [0.3, 0.4) is 0 Å². The van der Waals surface area contributed by atoms with Crippen LogP contribution in [0.5, 0.6) is 5.75 Å². The Balaban J connectivity index is 2.16. The highest BCUT2D eigenvalue weighted by atomic mass is 19.1. The summed E-state index contributed by atoms with van der Waals surface area (Å²) in [5, 5.41) is 8.87. The number of primary amides is 1. The third-order valence-electron chi connectivity index (χ3n) is 2.81.